The van der Waals surface area contributed by atoms with Crippen LogP contribution in [0.4, 0.5) is 0 Å². The van der Waals surface area contributed by atoms with E-state index in [0.29, 0.717) is 0 Å². The molecular formula is C12H22N2O. The lowest BCUT2D eigenvalue weighted by atomic mass is 10.2. The maximum absolute atomic E-state index is 8.81. The highest BCUT2D eigenvalue weighted by Crippen LogP contribution is 2.03. The van der Waals surface area contributed by atoms with Gasteiger partial charge in [-0.1, -0.05) is 14.4 Å². The minimum atomic E-state index is 0. The van der Waals surface area contributed by atoms with Crippen molar-refractivity contribution in [2.45, 2.75) is 34.7 Å². The minimum absolute atomic E-state index is 0. The van der Waals surface area contributed by atoms with Gasteiger partial charge >= 0.3 is 0 Å². The topological polar surface area (TPSA) is 42.0 Å². The van der Waals surface area contributed by atoms with Crippen LogP contribution in [0.5, 0.6) is 0 Å². The number of nitrogens with zero attached hydrogens (tertiary/aromatic N) is 1. The Morgan fingerprint density at radius 1 is 1.53 bits per heavy atom. The highest BCUT2D eigenvalue weighted by molar-refractivity contribution is 5.44. The van der Waals surface area contributed by atoms with Crippen LogP contribution in [0.25, 0.3) is 0 Å². The average Bonchev–Trinajstić information content (AvgIpc) is 2.18. The van der Waals surface area contributed by atoms with Crippen molar-refractivity contribution in [3.63, 3.8) is 0 Å². The van der Waals surface area contributed by atoms with Crippen LogP contribution in [0.15, 0.2) is 18.5 Å². The Balaban J connectivity index is 0. The average molecular weight is 210 g/mol. The quantitative estimate of drug-likeness (QED) is 0.779. The van der Waals surface area contributed by atoms with Gasteiger partial charge in [-0.3, -0.25) is 4.98 Å². The predicted molar refractivity (Wildman–Crippen MR) is 64.8 cm³/mol. The molecule has 0 aromatic carbocycles. The summed E-state index contributed by atoms with van der Waals surface area (Å²) < 4.78 is 0. The van der Waals surface area contributed by atoms with E-state index >= 15 is 0 Å². The Bertz CT molecular complexity index is 262. The first kappa shape index (κ1) is 16.2. The predicted octanol–water partition coefficient (Wildman–Crippen LogP) is 2.34. The van der Waals surface area contributed by atoms with Gasteiger partial charge in [0.15, 0.2) is 0 Å². The third-order valence-electron chi connectivity index (χ3n) is 1.71. The summed E-state index contributed by atoms with van der Waals surface area (Å²) in [4.78, 5) is 12.9. The van der Waals surface area contributed by atoms with Gasteiger partial charge < -0.3 is 10.1 Å². The van der Waals surface area contributed by atoms with E-state index in [0.717, 1.165) is 19.4 Å². The van der Waals surface area contributed by atoms with Crippen molar-refractivity contribution in [1.29, 1.82) is 0 Å². The molecule has 1 heterocycles. The zero-order chi connectivity index (χ0) is 10.8. The summed E-state index contributed by atoms with van der Waals surface area (Å²) in [5, 5.41) is 3.27. The molecule has 0 spiro atoms. The highest BCUT2D eigenvalue weighted by Gasteiger charge is 1.94. The zero-order valence-electron chi connectivity index (χ0n) is 9.08. The molecule has 0 aliphatic heterocycles. The normalized spacial score (nSPS) is 8.20. The first-order valence-electron chi connectivity index (χ1n) is 4.76. The Morgan fingerprint density at radius 3 is 2.60 bits per heavy atom. The molecule has 0 unspecified atom stereocenters. The number of pyridine rings is 1. The Morgan fingerprint density at radius 2 is 2.13 bits per heavy atom. The summed E-state index contributed by atoms with van der Waals surface area (Å²) in [5.74, 6) is 0. The third-order valence-corrected chi connectivity index (χ3v) is 1.71. The summed E-state index contributed by atoms with van der Waals surface area (Å²) in [7, 11) is 0. The number of nitrogens with one attached hydrogen (secondary N) is 1. The van der Waals surface area contributed by atoms with Crippen molar-refractivity contribution in [2.75, 3.05) is 6.54 Å². The second-order valence-electron chi connectivity index (χ2n) is 2.82. The molecule has 0 aliphatic rings. The number of carbonyl (C=O) groups excluding carboxylic acids is 1. The highest BCUT2D eigenvalue weighted by atomic mass is 16.1. The van der Waals surface area contributed by atoms with Crippen molar-refractivity contribution in [1.82, 2.24) is 10.3 Å². The molecule has 1 rings (SSSR count). The standard InChI is InChI=1S/C9H14N2.C2H4O.CH4/c1-3-10-6-9-7-11-5-4-8(9)2;1-2-3;/h4-5,7,10H,3,6H2,1-2H3;2H,1H3;1H4. The van der Waals surface area contributed by atoms with Crippen molar-refractivity contribution in [2.24, 2.45) is 0 Å². The van der Waals surface area contributed by atoms with Crippen molar-refractivity contribution in [3.8, 4) is 0 Å². The Labute approximate surface area is 92.9 Å². The first-order chi connectivity index (χ1) is 6.76. The summed E-state index contributed by atoms with van der Waals surface area (Å²) >= 11 is 0. The van der Waals surface area contributed by atoms with E-state index in [-0.39, 0.29) is 7.43 Å². The summed E-state index contributed by atoms with van der Waals surface area (Å²) in [6, 6.07) is 2.03. The monoisotopic (exact) mass is 210 g/mol. The molecule has 0 atom stereocenters. The lowest BCUT2D eigenvalue weighted by molar-refractivity contribution is -0.106. The van der Waals surface area contributed by atoms with Gasteiger partial charge in [0.05, 0.1) is 0 Å². The maximum Gasteiger partial charge on any atom is 0.116 e. The largest absolute Gasteiger partial charge is 0.313 e. The minimum Gasteiger partial charge on any atom is -0.313 e. The van der Waals surface area contributed by atoms with E-state index < -0.39 is 0 Å². The van der Waals surface area contributed by atoms with Crippen molar-refractivity contribution < 1.29 is 4.79 Å². The molecule has 3 nitrogen and oxygen atoms in total. The van der Waals surface area contributed by atoms with E-state index in [1.165, 1.54) is 18.1 Å². The molecule has 0 bridgehead atoms. The summed E-state index contributed by atoms with van der Waals surface area (Å²) in [5.41, 5.74) is 2.59. The van der Waals surface area contributed by atoms with Crippen LogP contribution in [0.2, 0.25) is 0 Å². The number of hydrogen-bond acceptors (Lipinski definition) is 3. The molecule has 0 saturated heterocycles. The van der Waals surface area contributed by atoms with Crippen LogP contribution in [-0.4, -0.2) is 17.8 Å². The van der Waals surface area contributed by atoms with Gasteiger partial charge in [-0.05, 0) is 37.6 Å². The van der Waals surface area contributed by atoms with Crippen molar-refractivity contribution in [3.05, 3.63) is 29.6 Å². The molecule has 0 amide bonds. The van der Waals surface area contributed by atoms with Gasteiger partial charge in [0.1, 0.15) is 6.29 Å². The molecule has 86 valence electrons. The van der Waals surface area contributed by atoms with Gasteiger partial charge in [-0.15, -0.1) is 0 Å². The van der Waals surface area contributed by atoms with Gasteiger partial charge in [0.25, 0.3) is 0 Å². The smallest absolute Gasteiger partial charge is 0.116 e. The SMILES string of the molecule is C.CC=O.CCNCc1cnccc1C. The Hall–Kier alpha value is -1.22. The molecule has 1 aromatic heterocycles. The van der Waals surface area contributed by atoms with Crippen molar-refractivity contribution >= 4 is 6.29 Å². The molecule has 1 aromatic rings. The number of aldehydes is 1. The van der Waals surface area contributed by atoms with Crippen LogP contribution < -0.4 is 5.32 Å². The van der Waals surface area contributed by atoms with Crippen LogP contribution in [-0.2, 0) is 11.3 Å². The van der Waals surface area contributed by atoms with Gasteiger partial charge in [0, 0.05) is 18.9 Å². The van der Waals surface area contributed by atoms with E-state index in [1.54, 1.807) is 0 Å². The van der Waals surface area contributed by atoms with Gasteiger partial charge in [-0.25, -0.2) is 0 Å². The number of aromatic nitrogens is 1. The molecule has 3 heteroatoms. The van der Waals surface area contributed by atoms with Gasteiger partial charge in [0.2, 0.25) is 0 Å². The fourth-order valence-corrected chi connectivity index (χ4v) is 0.941. The molecule has 1 N–H and O–H groups in total. The van der Waals surface area contributed by atoms with Crippen LogP contribution in [0.1, 0.15) is 32.4 Å². The number of carbonyl (C=O) groups is 1. The van der Waals surface area contributed by atoms with Crippen LogP contribution in [0, 0.1) is 6.92 Å². The van der Waals surface area contributed by atoms with Crippen LogP contribution >= 0.6 is 0 Å². The second-order valence-corrected chi connectivity index (χ2v) is 2.82. The second kappa shape index (κ2) is 10.9. The van der Waals surface area contributed by atoms with Gasteiger partial charge in [-0.2, -0.15) is 0 Å². The summed E-state index contributed by atoms with van der Waals surface area (Å²) in [6.07, 6.45) is 4.49. The first-order valence-corrected chi connectivity index (χ1v) is 4.76. The molecule has 0 saturated carbocycles. The molecule has 15 heavy (non-hydrogen) atoms. The lowest BCUT2D eigenvalue weighted by Gasteiger charge is -2.03. The zero-order valence-corrected chi connectivity index (χ0v) is 9.08. The Kier molecular flexibility index (Phi) is 11.7. The van der Waals surface area contributed by atoms with E-state index in [9.17, 15) is 0 Å². The fourth-order valence-electron chi connectivity index (χ4n) is 0.941. The maximum atomic E-state index is 8.81. The van der Waals surface area contributed by atoms with E-state index in [2.05, 4.69) is 24.1 Å². The number of rotatable bonds is 3. The fraction of sp³-hybridized carbons (Fsp3) is 0.500. The number of aryl methyl sites for hydroxylation is 1. The van der Waals surface area contributed by atoms with E-state index in [4.69, 9.17) is 4.79 Å². The third kappa shape index (κ3) is 7.82. The number of hydrogen-bond donors (Lipinski definition) is 1. The lowest BCUT2D eigenvalue weighted by Crippen LogP contribution is -2.12. The molecule has 0 aliphatic carbocycles. The molecule has 0 radical (unpaired) electrons. The molecular weight excluding hydrogens is 188 g/mol. The summed E-state index contributed by atoms with van der Waals surface area (Å²) in [6.45, 7) is 7.59. The molecule has 0 fully saturated rings. The van der Waals surface area contributed by atoms with Crippen LogP contribution in [0.3, 0.4) is 0 Å². The van der Waals surface area contributed by atoms with E-state index in [1.807, 2.05) is 18.5 Å².